The lowest BCUT2D eigenvalue weighted by Gasteiger charge is -2.24. The summed E-state index contributed by atoms with van der Waals surface area (Å²) >= 11 is 0. The van der Waals surface area contributed by atoms with E-state index in [0.29, 0.717) is 12.0 Å². The van der Waals surface area contributed by atoms with Gasteiger partial charge in [-0.3, -0.25) is 0 Å². The Balaban J connectivity index is 1.60. The van der Waals surface area contributed by atoms with Crippen LogP contribution < -0.4 is 5.32 Å². The lowest BCUT2D eigenvalue weighted by Crippen LogP contribution is -2.31. The molecular formula is C15H20FNO. The van der Waals surface area contributed by atoms with Crippen LogP contribution in [0.5, 0.6) is 0 Å². The van der Waals surface area contributed by atoms with Crippen molar-refractivity contribution in [2.45, 2.75) is 31.7 Å². The fourth-order valence-electron chi connectivity index (χ4n) is 3.10. The zero-order valence-electron chi connectivity index (χ0n) is 10.6. The highest BCUT2D eigenvalue weighted by atomic mass is 19.1. The third-order valence-electron chi connectivity index (χ3n) is 4.12. The maximum atomic E-state index is 13.6. The lowest BCUT2D eigenvalue weighted by atomic mass is 10.0. The largest absolute Gasteiger partial charge is 0.381 e. The molecule has 2 atom stereocenters. The molecule has 1 saturated heterocycles. The summed E-state index contributed by atoms with van der Waals surface area (Å²) in [6, 6.07) is 5.77. The third-order valence-corrected chi connectivity index (χ3v) is 4.12. The topological polar surface area (TPSA) is 21.3 Å². The minimum atomic E-state index is -0.0437. The Morgan fingerprint density at radius 3 is 3.11 bits per heavy atom. The fourth-order valence-corrected chi connectivity index (χ4v) is 3.10. The number of hydrogen-bond donors (Lipinski definition) is 1. The highest BCUT2D eigenvalue weighted by Gasteiger charge is 2.25. The highest BCUT2D eigenvalue weighted by molar-refractivity contribution is 5.35. The number of nitrogens with one attached hydrogen (secondary N) is 1. The van der Waals surface area contributed by atoms with Crippen LogP contribution >= 0.6 is 0 Å². The molecule has 1 aromatic carbocycles. The monoisotopic (exact) mass is 249 g/mol. The van der Waals surface area contributed by atoms with Crippen LogP contribution in [0.25, 0.3) is 0 Å². The van der Waals surface area contributed by atoms with Gasteiger partial charge in [-0.25, -0.2) is 4.39 Å². The molecule has 0 bridgehead atoms. The van der Waals surface area contributed by atoms with Crippen molar-refractivity contribution >= 4 is 0 Å². The molecule has 1 aromatic rings. The van der Waals surface area contributed by atoms with E-state index in [4.69, 9.17) is 4.74 Å². The van der Waals surface area contributed by atoms with E-state index >= 15 is 0 Å². The molecule has 0 aromatic heterocycles. The molecule has 1 heterocycles. The van der Waals surface area contributed by atoms with Crippen LogP contribution in [0, 0.1) is 11.7 Å². The second kappa shape index (κ2) is 5.37. The summed E-state index contributed by atoms with van der Waals surface area (Å²) in [6.45, 7) is 2.77. The van der Waals surface area contributed by atoms with Crippen molar-refractivity contribution < 1.29 is 9.13 Å². The van der Waals surface area contributed by atoms with Gasteiger partial charge in [0.25, 0.3) is 0 Å². The number of hydrogen-bond acceptors (Lipinski definition) is 2. The summed E-state index contributed by atoms with van der Waals surface area (Å²) in [5.74, 6) is 0.578. The minimum absolute atomic E-state index is 0.0437. The molecule has 18 heavy (non-hydrogen) atoms. The Kier molecular flexibility index (Phi) is 3.62. The van der Waals surface area contributed by atoms with Crippen LogP contribution in [0.1, 0.15) is 36.4 Å². The second-order valence-corrected chi connectivity index (χ2v) is 5.39. The molecular weight excluding hydrogens is 229 g/mol. The summed E-state index contributed by atoms with van der Waals surface area (Å²) in [5.41, 5.74) is 2.07. The molecule has 0 spiro atoms. The summed E-state index contributed by atoms with van der Waals surface area (Å²) in [7, 11) is 0. The first-order chi connectivity index (χ1) is 8.84. The lowest BCUT2D eigenvalue weighted by molar-refractivity contribution is 0.0538. The maximum Gasteiger partial charge on any atom is 0.126 e. The normalized spacial score (nSPS) is 27.2. The Labute approximate surface area is 108 Å². The number of ether oxygens (including phenoxy) is 1. The molecule has 2 aliphatic rings. The third kappa shape index (κ3) is 2.43. The van der Waals surface area contributed by atoms with Gasteiger partial charge < -0.3 is 10.1 Å². The SMILES string of the molecule is Fc1cccc2c1CCC2NCC1CCCOC1. The quantitative estimate of drug-likeness (QED) is 0.889. The van der Waals surface area contributed by atoms with E-state index in [0.717, 1.165) is 43.7 Å². The van der Waals surface area contributed by atoms with Crippen molar-refractivity contribution in [2.75, 3.05) is 19.8 Å². The maximum absolute atomic E-state index is 13.6. The van der Waals surface area contributed by atoms with Gasteiger partial charge in [-0.1, -0.05) is 12.1 Å². The molecule has 1 aliphatic heterocycles. The van der Waals surface area contributed by atoms with Crippen molar-refractivity contribution in [2.24, 2.45) is 5.92 Å². The number of benzene rings is 1. The average Bonchev–Trinajstić information content (AvgIpc) is 2.82. The van der Waals surface area contributed by atoms with E-state index in [-0.39, 0.29) is 5.82 Å². The van der Waals surface area contributed by atoms with Gasteiger partial charge in [-0.15, -0.1) is 0 Å². The molecule has 98 valence electrons. The average molecular weight is 249 g/mol. The summed E-state index contributed by atoms with van der Waals surface area (Å²) in [4.78, 5) is 0. The van der Waals surface area contributed by atoms with Gasteiger partial charge in [0.15, 0.2) is 0 Å². The van der Waals surface area contributed by atoms with Crippen molar-refractivity contribution in [1.29, 1.82) is 0 Å². The van der Waals surface area contributed by atoms with Crippen molar-refractivity contribution in [3.8, 4) is 0 Å². The molecule has 2 unspecified atom stereocenters. The summed E-state index contributed by atoms with van der Waals surface area (Å²) < 4.78 is 19.1. The van der Waals surface area contributed by atoms with Crippen LogP contribution in [0.4, 0.5) is 4.39 Å². The molecule has 3 rings (SSSR count). The number of rotatable bonds is 3. The Morgan fingerprint density at radius 1 is 1.33 bits per heavy atom. The van der Waals surface area contributed by atoms with Crippen LogP contribution in [0.3, 0.4) is 0 Å². The van der Waals surface area contributed by atoms with Gasteiger partial charge in [0, 0.05) is 19.2 Å². The summed E-state index contributed by atoms with van der Waals surface area (Å²) in [6.07, 6.45) is 4.29. The first-order valence-corrected chi connectivity index (χ1v) is 6.93. The molecule has 1 N–H and O–H groups in total. The minimum Gasteiger partial charge on any atom is -0.381 e. The number of halogens is 1. The highest BCUT2D eigenvalue weighted by Crippen LogP contribution is 2.32. The van der Waals surface area contributed by atoms with Crippen LogP contribution in [0.2, 0.25) is 0 Å². The van der Waals surface area contributed by atoms with Gasteiger partial charge in [0.2, 0.25) is 0 Å². The van der Waals surface area contributed by atoms with E-state index in [9.17, 15) is 4.39 Å². The van der Waals surface area contributed by atoms with E-state index in [2.05, 4.69) is 11.4 Å². The van der Waals surface area contributed by atoms with Gasteiger partial charge in [-0.2, -0.15) is 0 Å². The molecule has 3 heteroatoms. The van der Waals surface area contributed by atoms with Gasteiger partial charge in [-0.05, 0) is 48.8 Å². The zero-order chi connectivity index (χ0) is 12.4. The van der Waals surface area contributed by atoms with E-state index in [1.54, 1.807) is 6.07 Å². The Bertz CT molecular complexity index is 415. The zero-order valence-corrected chi connectivity index (χ0v) is 10.6. The van der Waals surface area contributed by atoms with E-state index in [1.807, 2.05) is 6.07 Å². The smallest absolute Gasteiger partial charge is 0.126 e. The van der Waals surface area contributed by atoms with Gasteiger partial charge in [0.1, 0.15) is 5.82 Å². The fraction of sp³-hybridized carbons (Fsp3) is 0.600. The Morgan fingerprint density at radius 2 is 2.28 bits per heavy atom. The van der Waals surface area contributed by atoms with Crippen LogP contribution in [0.15, 0.2) is 18.2 Å². The molecule has 2 nitrogen and oxygen atoms in total. The van der Waals surface area contributed by atoms with Crippen LogP contribution in [-0.4, -0.2) is 19.8 Å². The summed E-state index contributed by atoms with van der Waals surface area (Å²) in [5, 5.41) is 3.59. The Hall–Kier alpha value is -0.930. The predicted octanol–water partition coefficient (Wildman–Crippen LogP) is 2.83. The number of fused-ring (bicyclic) bond motifs is 1. The molecule has 0 amide bonds. The molecule has 0 radical (unpaired) electrons. The van der Waals surface area contributed by atoms with Gasteiger partial charge in [0.05, 0.1) is 6.61 Å². The van der Waals surface area contributed by atoms with E-state index in [1.165, 1.54) is 12.8 Å². The molecule has 1 aliphatic carbocycles. The van der Waals surface area contributed by atoms with Gasteiger partial charge >= 0.3 is 0 Å². The molecule has 0 saturated carbocycles. The van der Waals surface area contributed by atoms with Crippen LogP contribution in [-0.2, 0) is 11.2 Å². The van der Waals surface area contributed by atoms with Crippen molar-refractivity contribution in [3.05, 3.63) is 35.1 Å². The first kappa shape index (κ1) is 12.1. The second-order valence-electron chi connectivity index (χ2n) is 5.39. The predicted molar refractivity (Wildman–Crippen MR) is 69.0 cm³/mol. The van der Waals surface area contributed by atoms with Crippen molar-refractivity contribution in [1.82, 2.24) is 5.32 Å². The first-order valence-electron chi connectivity index (χ1n) is 6.93. The van der Waals surface area contributed by atoms with Crippen molar-refractivity contribution in [3.63, 3.8) is 0 Å². The van der Waals surface area contributed by atoms with E-state index < -0.39 is 0 Å². The standard InChI is InChI=1S/C15H20FNO/c16-14-5-1-4-13-12(14)6-7-15(13)17-9-11-3-2-8-18-10-11/h1,4-5,11,15,17H,2-3,6-10H2. The molecule has 1 fully saturated rings.